The molecule has 150 valence electrons. The maximum atomic E-state index is 12.6. The Morgan fingerprint density at radius 3 is 2.15 bits per heavy atom. The predicted octanol–water partition coefficient (Wildman–Crippen LogP) is 2.85. The highest BCUT2D eigenvalue weighted by Crippen LogP contribution is 2.13. The standard InChI is InChI=1S/C19H30N2O5Si/c1-13(2)16(17(22)20-15(18(23)24)12-27(3,4)5)21-19(25)26-11-14-9-7-6-8-10-14/h6-10,13,15-16H,11-12H2,1-5H3,(H,20,22)(H,21,25)(H,23,24)/t15?,16-/m0/s1. The van der Waals surface area contributed by atoms with Crippen molar-refractivity contribution in [2.75, 3.05) is 0 Å². The van der Waals surface area contributed by atoms with E-state index in [1.54, 1.807) is 13.8 Å². The van der Waals surface area contributed by atoms with Gasteiger partial charge in [-0.15, -0.1) is 0 Å². The minimum Gasteiger partial charge on any atom is -0.480 e. The number of nitrogens with one attached hydrogen (secondary N) is 2. The lowest BCUT2D eigenvalue weighted by atomic mass is 10.0. The summed E-state index contributed by atoms with van der Waals surface area (Å²) in [5, 5.41) is 14.5. The van der Waals surface area contributed by atoms with Crippen LogP contribution >= 0.6 is 0 Å². The van der Waals surface area contributed by atoms with Crippen molar-refractivity contribution in [3.63, 3.8) is 0 Å². The summed E-state index contributed by atoms with van der Waals surface area (Å²) in [7, 11) is -1.70. The summed E-state index contributed by atoms with van der Waals surface area (Å²) in [6.07, 6.45) is -0.718. The van der Waals surface area contributed by atoms with Gasteiger partial charge in [-0.1, -0.05) is 63.8 Å². The Morgan fingerprint density at radius 1 is 1.07 bits per heavy atom. The number of carbonyl (C=O) groups excluding carboxylic acids is 2. The second kappa shape index (κ2) is 10.1. The second-order valence-electron chi connectivity index (χ2n) is 8.09. The van der Waals surface area contributed by atoms with E-state index in [9.17, 15) is 19.5 Å². The van der Waals surface area contributed by atoms with Crippen molar-refractivity contribution in [2.24, 2.45) is 5.92 Å². The molecule has 0 saturated carbocycles. The van der Waals surface area contributed by atoms with Crippen LogP contribution in [0.15, 0.2) is 30.3 Å². The van der Waals surface area contributed by atoms with Crippen LogP contribution in [-0.2, 0) is 20.9 Å². The number of carboxylic acids is 1. The molecule has 0 aliphatic carbocycles. The van der Waals surface area contributed by atoms with Crippen LogP contribution < -0.4 is 10.6 Å². The number of rotatable bonds is 9. The highest BCUT2D eigenvalue weighted by molar-refractivity contribution is 6.76. The fourth-order valence-electron chi connectivity index (χ4n) is 2.50. The SMILES string of the molecule is CC(C)[C@H](NC(=O)OCc1ccccc1)C(=O)NC(C[Si](C)(C)C)C(=O)O. The van der Waals surface area contributed by atoms with Crippen LogP contribution in [0, 0.1) is 5.92 Å². The fourth-order valence-corrected chi connectivity index (χ4v) is 4.00. The molecule has 0 heterocycles. The third-order valence-corrected chi connectivity index (χ3v) is 5.50. The zero-order valence-corrected chi connectivity index (χ0v) is 17.6. The van der Waals surface area contributed by atoms with Gasteiger partial charge >= 0.3 is 12.1 Å². The fraction of sp³-hybridized carbons (Fsp3) is 0.526. The molecule has 27 heavy (non-hydrogen) atoms. The van der Waals surface area contributed by atoms with E-state index in [1.165, 1.54) is 0 Å². The molecule has 1 aromatic rings. The molecule has 0 aliphatic rings. The van der Waals surface area contributed by atoms with Gasteiger partial charge < -0.3 is 20.5 Å². The van der Waals surface area contributed by atoms with E-state index in [2.05, 4.69) is 10.6 Å². The van der Waals surface area contributed by atoms with Crippen LogP contribution in [0.4, 0.5) is 4.79 Å². The van der Waals surface area contributed by atoms with Crippen LogP contribution in [0.5, 0.6) is 0 Å². The van der Waals surface area contributed by atoms with Crippen LogP contribution in [0.25, 0.3) is 0 Å². The van der Waals surface area contributed by atoms with Gasteiger partial charge in [-0.3, -0.25) is 9.59 Å². The van der Waals surface area contributed by atoms with E-state index in [1.807, 2.05) is 50.0 Å². The summed E-state index contributed by atoms with van der Waals surface area (Å²) in [5.74, 6) is -1.82. The number of carbonyl (C=O) groups is 3. The van der Waals surface area contributed by atoms with Gasteiger partial charge in [0.1, 0.15) is 18.7 Å². The first kappa shape index (κ1) is 22.7. The molecule has 0 aliphatic heterocycles. The van der Waals surface area contributed by atoms with Crippen molar-refractivity contribution in [1.82, 2.24) is 10.6 Å². The van der Waals surface area contributed by atoms with Gasteiger partial charge in [-0.2, -0.15) is 0 Å². The van der Waals surface area contributed by atoms with Crippen LogP contribution in [0.2, 0.25) is 25.7 Å². The molecule has 0 spiro atoms. The van der Waals surface area contributed by atoms with E-state index in [-0.39, 0.29) is 12.5 Å². The molecular formula is C19H30N2O5Si. The zero-order chi connectivity index (χ0) is 20.6. The summed E-state index contributed by atoms with van der Waals surface area (Å²) < 4.78 is 5.15. The molecule has 0 bridgehead atoms. The number of benzene rings is 1. The molecule has 0 aromatic heterocycles. The molecule has 1 rings (SSSR count). The molecule has 7 nitrogen and oxygen atoms in total. The minimum atomic E-state index is -1.70. The van der Waals surface area contributed by atoms with Gasteiger partial charge in [0.05, 0.1) is 0 Å². The van der Waals surface area contributed by atoms with Crippen molar-refractivity contribution in [1.29, 1.82) is 0 Å². The summed E-state index contributed by atoms with van der Waals surface area (Å²) in [6, 6.07) is 7.77. The minimum absolute atomic E-state index is 0.0898. The number of ether oxygens (including phenoxy) is 1. The van der Waals surface area contributed by atoms with E-state index in [4.69, 9.17) is 4.74 Å². The number of alkyl carbamates (subject to hydrolysis) is 1. The highest BCUT2D eigenvalue weighted by Gasteiger charge is 2.31. The maximum absolute atomic E-state index is 12.6. The van der Waals surface area contributed by atoms with Crippen molar-refractivity contribution >= 4 is 26.0 Å². The first-order chi connectivity index (χ1) is 12.5. The van der Waals surface area contributed by atoms with Crippen molar-refractivity contribution in [3.8, 4) is 0 Å². The van der Waals surface area contributed by atoms with E-state index >= 15 is 0 Å². The Kier molecular flexibility index (Phi) is 8.49. The smallest absolute Gasteiger partial charge is 0.408 e. The summed E-state index contributed by atoms with van der Waals surface area (Å²) in [6.45, 7) is 9.75. The van der Waals surface area contributed by atoms with Crippen LogP contribution in [0.1, 0.15) is 19.4 Å². The lowest BCUT2D eigenvalue weighted by molar-refractivity contribution is -0.141. The molecule has 0 radical (unpaired) electrons. The number of hydrogen-bond acceptors (Lipinski definition) is 4. The topological polar surface area (TPSA) is 105 Å². The summed E-state index contributed by atoms with van der Waals surface area (Å²) >= 11 is 0. The van der Waals surface area contributed by atoms with Gasteiger partial charge in [-0.05, 0) is 17.5 Å². The van der Waals surface area contributed by atoms with Gasteiger partial charge in [-0.25, -0.2) is 4.79 Å². The predicted molar refractivity (Wildman–Crippen MR) is 106 cm³/mol. The van der Waals surface area contributed by atoms with Gasteiger partial charge in [0, 0.05) is 8.07 Å². The third kappa shape index (κ3) is 8.72. The second-order valence-corrected chi connectivity index (χ2v) is 13.6. The lowest BCUT2D eigenvalue weighted by Gasteiger charge is -2.26. The maximum Gasteiger partial charge on any atom is 0.408 e. The van der Waals surface area contributed by atoms with Crippen LogP contribution in [0.3, 0.4) is 0 Å². The molecule has 1 unspecified atom stereocenters. The Labute approximate surface area is 161 Å². The Balaban J connectivity index is 2.68. The normalized spacial score (nSPS) is 13.6. The Morgan fingerprint density at radius 2 is 1.67 bits per heavy atom. The zero-order valence-electron chi connectivity index (χ0n) is 16.6. The molecule has 0 fully saturated rings. The van der Waals surface area contributed by atoms with Crippen molar-refractivity contribution in [3.05, 3.63) is 35.9 Å². The molecule has 0 saturated heterocycles. The lowest BCUT2D eigenvalue weighted by Crippen LogP contribution is -2.54. The van der Waals surface area contributed by atoms with Gasteiger partial charge in [0.15, 0.2) is 0 Å². The number of aliphatic carboxylic acids is 1. The highest BCUT2D eigenvalue weighted by atomic mass is 28.3. The Bertz CT molecular complexity index is 643. The Hall–Kier alpha value is -2.35. The van der Waals surface area contributed by atoms with E-state index < -0.39 is 38.1 Å². The average Bonchev–Trinajstić information content (AvgIpc) is 2.56. The third-order valence-electron chi connectivity index (χ3n) is 3.87. The first-order valence-electron chi connectivity index (χ1n) is 9.00. The number of amides is 2. The van der Waals surface area contributed by atoms with E-state index in [0.29, 0.717) is 6.04 Å². The van der Waals surface area contributed by atoms with Crippen molar-refractivity contribution in [2.45, 2.75) is 58.2 Å². The average molecular weight is 395 g/mol. The molecule has 8 heteroatoms. The quantitative estimate of drug-likeness (QED) is 0.559. The molecule has 2 amide bonds. The largest absolute Gasteiger partial charge is 0.480 e. The molecule has 3 N–H and O–H groups in total. The molecule has 1 aromatic carbocycles. The number of carboxylic acid groups (broad SMARTS) is 1. The van der Waals surface area contributed by atoms with Gasteiger partial charge in [0.25, 0.3) is 0 Å². The van der Waals surface area contributed by atoms with Crippen molar-refractivity contribution < 1.29 is 24.2 Å². The summed E-state index contributed by atoms with van der Waals surface area (Å²) in [5.41, 5.74) is 0.833. The van der Waals surface area contributed by atoms with Gasteiger partial charge in [0.2, 0.25) is 5.91 Å². The summed E-state index contributed by atoms with van der Waals surface area (Å²) in [4.78, 5) is 36.1. The molecular weight excluding hydrogens is 364 g/mol. The van der Waals surface area contributed by atoms with Crippen LogP contribution in [-0.4, -0.2) is 43.2 Å². The first-order valence-corrected chi connectivity index (χ1v) is 12.7. The monoisotopic (exact) mass is 394 g/mol. The number of hydrogen-bond donors (Lipinski definition) is 3. The van der Waals surface area contributed by atoms with E-state index in [0.717, 1.165) is 5.56 Å². The molecule has 2 atom stereocenters.